The predicted molar refractivity (Wildman–Crippen MR) is 78.2 cm³/mol. The molecule has 0 aliphatic carbocycles. The zero-order valence-electron chi connectivity index (χ0n) is 11.0. The Balaban J connectivity index is 2.10. The number of anilines is 1. The molecule has 110 valence electrons. The lowest BCUT2D eigenvalue weighted by Crippen LogP contribution is -2.06. The molecule has 2 aromatic rings. The monoisotopic (exact) mass is 354 g/mol. The minimum atomic E-state index is -0.554. The van der Waals surface area contributed by atoms with Gasteiger partial charge in [0.1, 0.15) is 0 Å². The number of rotatable bonds is 5. The topological polar surface area (TPSA) is 94.6 Å². The quantitative estimate of drug-likeness (QED) is 0.502. The van der Waals surface area contributed by atoms with Crippen LogP contribution in [0.15, 0.2) is 39.4 Å². The summed E-state index contributed by atoms with van der Waals surface area (Å²) in [5.41, 5.74) is 1.29. The third-order valence-electron chi connectivity index (χ3n) is 2.74. The normalized spacial score (nSPS) is 10.2. The van der Waals surface area contributed by atoms with Crippen LogP contribution in [0.5, 0.6) is 0 Å². The van der Waals surface area contributed by atoms with Crippen molar-refractivity contribution in [3.8, 4) is 0 Å². The number of nitrogens with zero attached hydrogens (tertiary/aromatic N) is 1. The van der Waals surface area contributed by atoms with Gasteiger partial charge in [0.25, 0.3) is 5.69 Å². The van der Waals surface area contributed by atoms with Crippen LogP contribution in [0.3, 0.4) is 0 Å². The number of nitrogens with one attached hydrogen (secondary N) is 1. The lowest BCUT2D eigenvalue weighted by molar-refractivity contribution is -0.385. The maximum Gasteiger partial charge on any atom is 0.374 e. The third kappa shape index (κ3) is 3.40. The second-order valence-electron chi connectivity index (χ2n) is 4.04. The summed E-state index contributed by atoms with van der Waals surface area (Å²) in [4.78, 5) is 21.7. The highest BCUT2D eigenvalue weighted by atomic mass is 79.9. The molecule has 1 N–H and O–H groups in total. The van der Waals surface area contributed by atoms with Gasteiger partial charge in [-0.25, -0.2) is 4.79 Å². The Labute approximate surface area is 128 Å². The zero-order chi connectivity index (χ0) is 15.4. The number of hydrogen-bond acceptors (Lipinski definition) is 6. The van der Waals surface area contributed by atoms with Gasteiger partial charge in [-0.15, -0.1) is 0 Å². The van der Waals surface area contributed by atoms with Crippen LogP contribution in [0.25, 0.3) is 0 Å². The molecule has 0 saturated carbocycles. The van der Waals surface area contributed by atoms with E-state index in [0.29, 0.717) is 22.3 Å². The van der Waals surface area contributed by atoms with Gasteiger partial charge < -0.3 is 14.5 Å². The van der Waals surface area contributed by atoms with Crippen molar-refractivity contribution in [2.24, 2.45) is 0 Å². The summed E-state index contributed by atoms with van der Waals surface area (Å²) in [7, 11) is 1.27. The molecule has 7 nitrogen and oxygen atoms in total. The van der Waals surface area contributed by atoms with Crippen molar-refractivity contribution in [2.75, 3.05) is 12.4 Å². The van der Waals surface area contributed by atoms with Gasteiger partial charge in [0.05, 0.1) is 22.8 Å². The minimum Gasteiger partial charge on any atom is -0.463 e. The molecule has 8 heteroatoms. The first-order valence-corrected chi connectivity index (χ1v) is 6.64. The van der Waals surface area contributed by atoms with Crippen LogP contribution in [0.2, 0.25) is 0 Å². The smallest absolute Gasteiger partial charge is 0.374 e. The van der Waals surface area contributed by atoms with E-state index in [1.807, 2.05) is 0 Å². The lowest BCUT2D eigenvalue weighted by atomic mass is 10.2. The number of nitro benzene ring substituents is 1. The second kappa shape index (κ2) is 6.40. The standard InChI is InChI=1S/C13H11BrN2O5/c1-20-13(17)12-8(4-5-21-12)7-15-9-2-3-11(16(18)19)10(14)6-9/h2-6,15H,7H2,1H3. The highest BCUT2D eigenvalue weighted by Gasteiger charge is 2.16. The molecule has 1 aromatic carbocycles. The van der Waals surface area contributed by atoms with Crippen molar-refractivity contribution >= 4 is 33.3 Å². The van der Waals surface area contributed by atoms with Crippen molar-refractivity contribution in [3.63, 3.8) is 0 Å². The van der Waals surface area contributed by atoms with Gasteiger partial charge in [0.2, 0.25) is 5.76 Å². The molecular weight excluding hydrogens is 344 g/mol. The van der Waals surface area contributed by atoms with E-state index in [1.54, 1.807) is 18.2 Å². The molecule has 21 heavy (non-hydrogen) atoms. The van der Waals surface area contributed by atoms with Crippen LogP contribution in [0.1, 0.15) is 16.1 Å². The van der Waals surface area contributed by atoms with Crippen molar-refractivity contribution in [1.29, 1.82) is 0 Å². The summed E-state index contributed by atoms with van der Waals surface area (Å²) in [5, 5.41) is 13.8. The minimum absolute atomic E-state index is 0.0147. The van der Waals surface area contributed by atoms with Gasteiger partial charge >= 0.3 is 5.97 Å². The molecule has 1 heterocycles. The third-order valence-corrected chi connectivity index (χ3v) is 3.38. The fourth-order valence-electron chi connectivity index (χ4n) is 1.71. The summed E-state index contributed by atoms with van der Waals surface area (Å²) in [6, 6.07) is 6.22. The second-order valence-corrected chi connectivity index (χ2v) is 4.90. The molecule has 0 bridgehead atoms. The summed E-state index contributed by atoms with van der Waals surface area (Å²) >= 11 is 3.14. The summed E-state index contributed by atoms with van der Waals surface area (Å²) < 4.78 is 10.0. The SMILES string of the molecule is COC(=O)c1occc1CNc1ccc([N+](=O)[O-])c(Br)c1. The number of esters is 1. The molecular formula is C13H11BrN2O5. The van der Waals surface area contributed by atoms with E-state index in [4.69, 9.17) is 4.42 Å². The van der Waals surface area contributed by atoms with E-state index in [1.165, 1.54) is 19.4 Å². The lowest BCUT2D eigenvalue weighted by Gasteiger charge is -2.06. The molecule has 0 aliphatic heterocycles. The average Bonchev–Trinajstić information content (AvgIpc) is 2.92. The molecule has 2 rings (SSSR count). The molecule has 0 unspecified atom stereocenters. The molecule has 0 atom stereocenters. The Kier molecular flexibility index (Phi) is 4.59. The first-order valence-electron chi connectivity index (χ1n) is 5.85. The summed E-state index contributed by atoms with van der Waals surface area (Å²) in [6.45, 7) is 0.325. The van der Waals surface area contributed by atoms with Crippen LogP contribution in [0, 0.1) is 10.1 Å². The van der Waals surface area contributed by atoms with E-state index < -0.39 is 10.9 Å². The number of ether oxygens (including phenoxy) is 1. The highest BCUT2D eigenvalue weighted by molar-refractivity contribution is 9.10. The fraction of sp³-hybridized carbons (Fsp3) is 0.154. The number of hydrogen-bond donors (Lipinski definition) is 1. The number of methoxy groups -OCH3 is 1. The Morgan fingerprint density at radius 3 is 2.86 bits per heavy atom. The fourth-order valence-corrected chi connectivity index (χ4v) is 2.23. The van der Waals surface area contributed by atoms with E-state index in [0.717, 1.165) is 0 Å². The maximum absolute atomic E-state index is 11.5. The molecule has 0 aliphatic rings. The van der Waals surface area contributed by atoms with Gasteiger partial charge in [-0.3, -0.25) is 10.1 Å². The van der Waals surface area contributed by atoms with Crippen molar-refractivity contribution in [1.82, 2.24) is 0 Å². The van der Waals surface area contributed by atoms with Gasteiger partial charge in [0, 0.05) is 23.9 Å². The number of furan rings is 1. The van der Waals surface area contributed by atoms with Crippen molar-refractivity contribution in [2.45, 2.75) is 6.54 Å². The zero-order valence-corrected chi connectivity index (χ0v) is 12.5. The largest absolute Gasteiger partial charge is 0.463 e. The predicted octanol–water partition coefficient (Wildman–Crippen LogP) is 3.35. The average molecular weight is 355 g/mol. The Bertz CT molecular complexity index is 683. The van der Waals surface area contributed by atoms with E-state index in [-0.39, 0.29) is 11.4 Å². The molecule has 0 saturated heterocycles. The van der Waals surface area contributed by atoms with Crippen LogP contribution in [0.4, 0.5) is 11.4 Å². The molecule has 0 amide bonds. The van der Waals surface area contributed by atoms with Crippen LogP contribution in [-0.2, 0) is 11.3 Å². The number of halogens is 1. The van der Waals surface area contributed by atoms with Gasteiger partial charge in [-0.2, -0.15) is 0 Å². The van der Waals surface area contributed by atoms with Gasteiger partial charge in [-0.1, -0.05) is 0 Å². The molecule has 0 spiro atoms. The Hall–Kier alpha value is -2.35. The number of benzene rings is 1. The first-order chi connectivity index (χ1) is 10.0. The van der Waals surface area contributed by atoms with Crippen molar-refractivity contribution < 1.29 is 18.9 Å². The van der Waals surface area contributed by atoms with E-state index >= 15 is 0 Å². The van der Waals surface area contributed by atoms with E-state index in [9.17, 15) is 14.9 Å². The Morgan fingerprint density at radius 1 is 1.48 bits per heavy atom. The Morgan fingerprint density at radius 2 is 2.24 bits per heavy atom. The molecule has 1 aromatic heterocycles. The summed E-state index contributed by atoms with van der Waals surface area (Å²) in [5.74, 6) is -0.423. The van der Waals surface area contributed by atoms with Crippen LogP contribution >= 0.6 is 15.9 Å². The van der Waals surface area contributed by atoms with Crippen molar-refractivity contribution in [3.05, 3.63) is 56.4 Å². The number of carbonyl (C=O) groups is 1. The van der Waals surface area contributed by atoms with Gasteiger partial charge in [-0.05, 0) is 34.1 Å². The van der Waals surface area contributed by atoms with Gasteiger partial charge in [0.15, 0.2) is 0 Å². The molecule has 0 fully saturated rings. The maximum atomic E-state index is 11.5. The summed E-state index contributed by atoms with van der Waals surface area (Å²) in [6.07, 6.45) is 1.40. The number of carbonyl (C=O) groups excluding carboxylic acids is 1. The molecule has 0 radical (unpaired) electrons. The highest BCUT2D eigenvalue weighted by Crippen LogP contribution is 2.28. The van der Waals surface area contributed by atoms with Crippen LogP contribution < -0.4 is 5.32 Å². The van der Waals surface area contributed by atoms with Crippen LogP contribution in [-0.4, -0.2) is 18.0 Å². The van der Waals surface area contributed by atoms with E-state index in [2.05, 4.69) is 26.0 Å². The first kappa shape index (κ1) is 15.0. The number of nitro groups is 1.